The number of amides is 2. The highest BCUT2D eigenvalue weighted by atomic mass is 32.1. The van der Waals surface area contributed by atoms with E-state index in [2.05, 4.69) is 10.3 Å². The van der Waals surface area contributed by atoms with Gasteiger partial charge in [0.2, 0.25) is 5.91 Å². The number of fused-ring (bicyclic) bond motifs is 1. The Hall–Kier alpha value is -2.61. The molecule has 1 N–H and O–H groups in total. The maximum Gasteiger partial charge on any atom is 0.414 e. The fourth-order valence-electron chi connectivity index (χ4n) is 3.78. The van der Waals surface area contributed by atoms with E-state index in [0.717, 1.165) is 53.9 Å². The largest absolute Gasteiger partial charge is 0.489 e. The lowest BCUT2D eigenvalue weighted by Gasteiger charge is -2.36. The van der Waals surface area contributed by atoms with Crippen molar-refractivity contribution in [2.75, 3.05) is 17.3 Å². The van der Waals surface area contributed by atoms with Gasteiger partial charge in [-0.05, 0) is 51.2 Å². The smallest absolute Gasteiger partial charge is 0.414 e. The Morgan fingerprint density at radius 3 is 2.72 bits per heavy atom. The molecule has 1 aromatic heterocycles. The number of ether oxygens (including phenoxy) is 2. The molecule has 2 aromatic rings. The Labute approximate surface area is 174 Å². The summed E-state index contributed by atoms with van der Waals surface area (Å²) in [4.78, 5) is 30.0. The number of rotatable bonds is 4. The van der Waals surface area contributed by atoms with Crippen molar-refractivity contribution in [2.45, 2.75) is 58.1 Å². The Morgan fingerprint density at radius 1 is 1.28 bits per heavy atom. The van der Waals surface area contributed by atoms with Gasteiger partial charge in [0.25, 0.3) is 0 Å². The minimum Gasteiger partial charge on any atom is -0.489 e. The molecule has 1 atom stereocenters. The molecule has 4 rings (SSSR count). The molecule has 1 aliphatic heterocycles. The number of benzene rings is 1. The van der Waals surface area contributed by atoms with E-state index in [1.54, 1.807) is 4.90 Å². The Morgan fingerprint density at radius 2 is 2.07 bits per heavy atom. The van der Waals surface area contributed by atoms with Crippen molar-refractivity contribution < 1.29 is 19.1 Å². The van der Waals surface area contributed by atoms with Crippen LogP contribution in [0.4, 0.5) is 15.6 Å². The lowest BCUT2D eigenvalue weighted by Crippen LogP contribution is -2.42. The molecular weight excluding hydrogens is 390 g/mol. The van der Waals surface area contributed by atoms with Gasteiger partial charge in [-0.15, -0.1) is 11.3 Å². The summed E-state index contributed by atoms with van der Waals surface area (Å²) in [6.07, 6.45) is 4.73. The molecule has 7 nitrogen and oxygen atoms in total. The zero-order valence-electron chi connectivity index (χ0n) is 16.9. The first-order valence-electron chi connectivity index (χ1n) is 9.91. The third kappa shape index (κ3) is 3.81. The van der Waals surface area contributed by atoms with E-state index in [1.807, 2.05) is 24.4 Å². The molecule has 2 heterocycles. The summed E-state index contributed by atoms with van der Waals surface area (Å²) in [5, 5.41) is 5.21. The van der Waals surface area contributed by atoms with Gasteiger partial charge in [-0.1, -0.05) is 0 Å². The van der Waals surface area contributed by atoms with Gasteiger partial charge in [0.05, 0.1) is 24.6 Å². The van der Waals surface area contributed by atoms with Gasteiger partial charge >= 0.3 is 6.09 Å². The highest BCUT2D eigenvalue weighted by Crippen LogP contribution is 2.45. The van der Waals surface area contributed by atoms with Crippen LogP contribution in [0.25, 0.3) is 11.3 Å². The average Bonchev–Trinajstić information content (AvgIpc) is 3.11. The molecular formula is C21H25N3O4S. The van der Waals surface area contributed by atoms with Crippen LogP contribution in [0.1, 0.15) is 45.1 Å². The number of carbonyl (C=O) groups excluding carboxylic acids is 2. The Balaban J connectivity index is 1.79. The van der Waals surface area contributed by atoms with Crippen molar-refractivity contribution in [3.8, 4) is 17.0 Å². The van der Waals surface area contributed by atoms with Crippen LogP contribution in [0, 0.1) is 0 Å². The monoisotopic (exact) mass is 415 g/mol. The predicted octanol–water partition coefficient (Wildman–Crippen LogP) is 4.61. The SMILES string of the molecule is COC(=O)N1c2ccc(-c3csc(NC(C)=O)n3)c(OC3CCC3)c2CC[C@@H]1C. The zero-order valence-corrected chi connectivity index (χ0v) is 17.7. The first-order valence-corrected chi connectivity index (χ1v) is 10.8. The Bertz CT molecular complexity index is 938. The van der Waals surface area contributed by atoms with Crippen molar-refractivity contribution in [3.05, 3.63) is 23.1 Å². The number of hydrogen-bond donors (Lipinski definition) is 1. The van der Waals surface area contributed by atoms with E-state index in [-0.39, 0.29) is 24.1 Å². The predicted molar refractivity (Wildman–Crippen MR) is 113 cm³/mol. The molecule has 8 heteroatoms. The second-order valence-corrected chi connectivity index (χ2v) is 8.42. The second-order valence-electron chi connectivity index (χ2n) is 7.56. The van der Waals surface area contributed by atoms with Crippen LogP contribution in [0.5, 0.6) is 5.75 Å². The summed E-state index contributed by atoms with van der Waals surface area (Å²) >= 11 is 1.38. The number of carbonyl (C=O) groups is 2. The van der Waals surface area contributed by atoms with Crippen LogP contribution >= 0.6 is 11.3 Å². The summed E-state index contributed by atoms with van der Waals surface area (Å²) in [5.41, 5.74) is 3.51. The van der Waals surface area contributed by atoms with Gasteiger partial charge in [0, 0.05) is 29.5 Å². The topological polar surface area (TPSA) is 80.8 Å². The third-order valence-electron chi connectivity index (χ3n) is 5.52. The number of aromatic nitrogens is 1. The highest BCUT2D eigenvalue weighted by Gasteiger charge is 2.33. The molecule has 1 saturated carbocycles. The van der Waals surface area contributed by atoms with Gasteiger partial charge in [-0.2, -0.15) is 0 Å². The zero-order chi connectivity index (χ0) is 20.5. The van der Waals surface area contributed by atoms with Crippen molar-refractivity contribution in [1.82, 2.24) is 4.98 Å². The maximum atomic E-state index is 12.4. The normalized spacial score (nSPS) is 18.6. The number of nitrogens with zero attached hydrogens (tertiary/aromatic N) is 2. The van der Waals surface area contributed by atoms with Gasteiger partial charge in [-0.25, -0.2) is 9.78 Å². The number of thiazole rings is 1. The molecule has 154 valence electrons. The lowest BCUT2D eigenvalue weighted by atomic mass is 9.92. The van der Waals surface area contributed by atoms with Gasteiger partial charge in [-0.3, -0.25) is 9.69 Å². The summed E-state index contributed by atoms with van der Waals surface area (Å²) in [6, 6.07) is 3.96. The minimum atomic E-state index is -0.359. The highest BCUT2D eigenvalue weighted by molar-refractivity contribution is 7.14. The van der Waals surface area contributed by atoms with Crippen molar-refractivity contribution in [3.63, 3.8) is 0 Å². The Kier molecular flexibility index (Phi) is 5.45. The fraction of sp³-hybridized carbons (Fsp3) is 0.476. The molecule has 2 amide bonds. The molecule has 29 heavy (non-hydrogen) atoms. The van der Waals surface area contributed by atoms with Crippen LogP contribution in [-0.2, 0) is 16.0 Å². The van der Waals surface area contributed by atoms with E-state index in [1.165, 1.54) is 31.8 Å². The van der Waals surface area contributed by atoms with E-state index >= 15 is 0 Å². The lowest BCUT2D eigenvalue weighted by molar-refractivity contribution is -0.114. The van der Waals surface area contributed by atoms with Crippen LogP contribution in [0.15, 0.2) is 17.5 Å². The van der Waals surface area contributed by atoms with Crippen LogP contribution in [-0.4, -0.2) is 36.2 Å². The first-order chi connectivity index (χ1) is 14.0. The minimum absolute atomic E-state index is 0.0583. The van der Waals surface area contributed by atoms with E-state index in [0.29, 0.717) is 5.13 Å². The molecule has 1 aromatic carbocycles. The van der Waals surface area contributed by atoms with Gasteiger partial charge in [0.15, 0.2) is 5.13 Å². The number of methoxy groups -OCH3 is 1. The van der Waals surface area contributed by atoms with Crippen LogP contribution in [0.2, 0.25) is 0 Å². The molecule has 0 radical (unpaired) electrons. The molecule has 1 aliphatic carbocycles. The summed E-state index contributed by atoms with van der Waals surface area (Å²) in [6.45, 7) is 3.49. The van der Waals surface area contributed by atoms with Crippen molar-refractivity contribution in [2.24, 2.45) is 0 Å². The van der Waals surface area contributed by atoms with Crippen LogP contribution in [0.3, 0.4) is 0 Å². The summed E-state index contributed by atoms with van der Waals surface area (Å²) < 4.78 is 11.4. The molecule has 0 saturated heterocycles. The van der Waals surface area contributed by atoms with Crippen molar-refractivity contribution in [1.29, 1.82) is 0 Å². The van der Waals surface area contributed by atoms with Crippen LogP contribution < -0.4 is 15.0 Å². The quantitative estimate of drug-likeness (QED) is 0.789. The van der Waals surface area contributed by atoms with Crippen molar-refractivity contribution >= 4 is 34.2 Å². The molecule has 0 unspecified atom stereocenters. The standard InChI is InChI=1S/C21H25N3O4S/c1-12-7-8-16-18(24(12)21(26)27-3)10-9-15(19(16)28-14-5-4-6-14)17-11-29-20(23-17)22-13(2)25/h9-12,14H,4-8H2,1-3H3,(H,22,23,25)/t12-/m0/s1. The third-order valence-corrected chi connectivity index (χ3v) is 6.28. The second kappa shape index (κ2) is 8.02. The summed E-state index contributed by atoms with van der Waals surface area (Å²) in [7, 11) is 1.41. The fourth-order valence-corrected chi connectivity index (χ4v) is 4.53. The van der Waals surface area contributed by atoms with Gasteiger partial charge < -0.3 is 14.8 Å². The molecule has 2 aliphatic rings. The number of anilines is 2. The van der Waals surface area contributed by atoms with Gasteiger partial charge in [0.1, 0.15) is 5.75 Å². The number of hydrogen-bond acceptors (Lipinski definition) is 6. The maximum absolute atomic E-state index is 12.4. The molecule has 0 spiro atoms. The average molecular weight is 416 g/mol. The first kappa shape index (κ1) is 19.7. The molecule has 1 fully saturated rings. The molecule has 0 bridgehead atoms. The van der Waals surface area contributed by atoms with E-state index in [4.69, 9.17) is 9.47 Å². The summed E-state index contributed by atoms with van der Waals surface area (Å²) in [5.74, 6) is 0.651. The van der Waals surface area contributed by atoms with E-state index < -0.39 is 0 Å². The van der Waals surface area contributed by atoms with E-state index in [9.17, 15) is 9.59 Å². The number of nitrogens with one attached hydrogen (secondary N) is 1.